The number of benzene rings is 1. The van der Waals surface area contributed by atoms with Crippen molar-refractivity contribution >= 4 is 27.5 Å². The minimum absolute atomic E-state index is 0.443. The van der Waals surface area contributed by atoms with Crippen LogP contribution in [0.5, 0.6) is 0 Å². The standard InChI is InChI=1S/C11H9BrClNO/c12-9-3-4-15-11(9)7-1-2-8(6-14)10(13)5-7/h1-5H,6,14H2. The molecular weight excluding hydrogens is 277 g/mol. The maximum Gasteiger partial charge on any atom is 0.148 e. The first-order valence-corrected chi connectivity index (χ1v) is 5.61. The average molecular weight is 287 g/mol. The molecule has 0 fully saturated rings. The number of furan rings is 1. The van der Waals surface area contributed by atoms with Crippen molar-refractivity contribution < 1.29 is 4.42 Å². The third-order valence-corrected chi connectivity index (χ3v) is 3.13. The molecule has 2 rings (SSSR count). The van der Waals surface area contributed by atoms with Gasteiger partial charge >= 0.3 is 0 Å². The maximum absolute atomic E-state index is 6.06. The van der Waals surface area contributed by atoms with Gasteiger partial charge in [0.1, 0.15) is 5.76 Å². The minimum Gasteiger partial charge on any atom is -0.463 e. The van der Waals surface area contributed by atoms with E-state index in [0.29, 0.717) is 11.6 Å². The van der Waals surface area contributed by atoms with Gasteiger partial charge in [0, 0.05) is 17.1 Å². The second-order valence-corrected chi connectivity index (χ2v) is 4.37. The molecule has 0 aliphatic heterocycles. The Balaban J connectivity index is 2.47. The van der Waals surface area contributed by atoms with Crippen LogP contribution in [-0.4, -0.2) is 0 Å². The molecule has 2 nitrogen and oxygen atoms in total. The van der Waals surface area contributed by atoms with Crippen molar-refractivity contribution in [2.75, 3.05) is 0 Å². The van der Waals surface area contributed by atoms with Crippen LogP contribution in [-0.2, 0) is 6.54 Å². The van der Waals surface area contributed by atoms with E-state index in [9.17, 15) is 0 Å². The lowest BCUT2D eigenvalue weighted by Gasteiger charge is -2.03. The fourth-order valence-electron chi connectivity index (χ4n) is 1.35. The zero-order chi connectivity index (χ0) is 10.8. The molecule has 0 bridgehead atoms. The van der Waals surface area contributed by atoms with E-state index in [-0.39, 0.29) is 0 Å². The van der Waals surface area contributed by atoms with Crippen LogP contribution in [0.4, 0.5) is 0 Å². The van der Waals surface area contributed by atoms with E-state index >= 15 is 0 Å². The van der Waals surface area contributed by atoms with Crippen LogP contribution < -0.4 is 5.73 Å². The first kappa shape index (κ1) is 10.7. The van der Waals surface area contributed by atoms with Crippen molar-refractivity contribution in [1.82, 2.24) is 0 Å². The van der Waals surface area contributed by atoms with Crippen molar-refractivity contribution in [1.29, 1.82) is 0 Å². The summed E-state index contributed by atoms with van der Waals surface area (Å²) >= 11 is 9.46. The zero-order valence-electron chi connectivity index (χ0n) is 7.84. The molecule has 0 spiro atoms. The van der Waals surface area contributed by atoms with Crippen molar-refractivity contribution in [3.05, 3.63) is 45.6 Å². The average Bonchev–Trinajstić information content (AvgIpc) is 2.64. The monoisotopic (exact) mass is 285 g/mol. The van der Waals surface area contributed by atoms with E-state index in [1.807, 2.05) is 24.3 Å². The Labute approximate surface area is 101 Å². The van der Waals surface area contributed by atoms with Crippen molar-refractivity contribution in [3.63, 3.8) is 0 Å². The van der Waals surface area contributed by atoms with Gasteiger partial charge in [0.05, 0.1) is 10.7 Å². The SMILES string of the molecule is NCc1ccc(-c2occc2Br)cc1Cl. The number of nitrogens with two attached hydrogens (primary N) is 1. The molecule has 1 heterocycles. The summed E-state index contributed by atoms with van der Waals surface area (Å²) in [5.74, 6) is 0.778. The molecule has 0 radical (unpaired) electrons. The molecule has 0 saturated heterocycles. The van der Waals surface area contributed by atoms with Gasteiger partial charge in [-0.25, -0.2) is 0 Å². The van der Waals surface area contributed by atoms with Crippen LogP contribution in [0.25, 0.3) is 11.3 Å². The molecule has 1 aromatic carbocycles. The second kappa shape index (κ2) is 4.39. The van der Waals surface area contributed by atoms with Gasteiger partial charge < -0.3 is 10.2 Å². The van der Waals surface area contributed by atoms with Crippen LogP contribution >= 0.6 is 27.5 Å². The zero-order valence-corrected chi connectivity index (χ0v) is 10.2. The molecular formula is C11H9BrClNO. The van der Waals surface area contributed by atoms with E-state index in [1.165, 1.54) is 0 Å². The van der Waals surface area contributed by atoms with Gasteiger partial charge in [0.2, 0.25) is 0 Å². The Bertz CT molecular complexity index is 481. The number of rotatable bonds is 2. The molecule has 0 atom stereocenters. The van der Waals surface area contributed by atoms with Gasteiger partial charge in [-0.1, -0.05) is 23.7 Å². The molecule has 0 amide bonds. The molecule has 0 aliphatic rings. The Morgan fingerprint density at radius 3 is 2.67 bits per heavy atom. The molecule has 0 unspecified atom stereocenters. The van der Waals surface area contributed by atoms with Crippen molar-refractivity contribution in [3.8, 4) is 11.3 Å². The molecule has 2 aromatic rings. The normalized spacial score (nSPS) is 10.6. The van der Waals surface area contributed by atoms with Gasteiger partial charge in [0.15, 0.2) is 0 Å². The molecule has 1 aromatic heterocycles. The van der Waals surface area contributed by atoms with E-state index in [4.69, 9.17) is 21.8 Å². The highest BCUT2D eigenvalue weighted by molar-refractivity contribution is 9.10. The van der Waals surface area contributed by atoms with Crippen LogP contribution in [0.15, 0.2) is 39.4 Å². The van der Waals surface area contributed by atoms with E-state index in [1.54, 1.807) is 6.26 Å². The van der Waals surface area contributed by atoms with Crippen molar-refractivity contribution in [2.45, 2.75) is 6.54 Å². The van der Waals surface area contributed by atoms with Crippen molar-refractivity contribution in [2.24, 2.45) is 5.73 Å². The van der Waals surface area contributed by atoms with Gasteiger partial charge in [-0.15, -0.1) is 0 Å². The van der Waals surface area contributed by atoms with Crippen LogP contribution in [0.3, 0.4) is 0 Å². The summed E-state index contributed by atoms with van der Waals surface area (Å²) in [7, 11) is 0. The topological polar surface area (TPSA) is 39.2 Å². The highest BCUT2D eigenvalue weighted by atomic mass is 79.9. The fourth-order valence-corrected chi connectivity index (χ4v) is 2.04. The predicted octanol–water partition coefficient (Wildman–Crippen LogP) is 3.82. The van der Waals surface area contributed by atoms with Gasteiger partial charge in [-0.3, -0.25) is 0 Å². The summed E-state index contributed by atoms with van der Waals surface area (Å²) in [6.45, 7) is 0.443. The first-order valence-electron chi connectivity index (χ1n) is 4.44. The summed E-state index contributed by atoms with van der Waals surface area (Å²) in [5, 5.41) is 0.665. The smallest absolute Gasteiger partial charge is 0.148 e. The second-order valence-electron chi connectivity index (χ2n) is 3.11. The Morgan fingerprint density at radius 2 is 2.13 bits per heavy atom. The molecule has 2 N–H and O–H groups in total. The third kappa shape index (κ3) is 2.09. The highest BCUT2D eigenvalue weighted by Crippen LogP contribution is 2.31. The molecule has 0 aliphatic carbocycles. The highest BCUT2D eigenvalue weighted by Gasteiger charge is 2.08. The lowest BCUT2D eigenvalue weighted by Crippen LogP contribution is -1.96. The van der Waals surface area contributed by atoms with E-state index < -0.39 is 0 Å². The molecule has 78 valence electrons. The van der Waals surface area contributed by atoms with Crippen LogP contribution in [0, 0.1) is 0 Å². The number of hydrogen-bond acceptors (Lipinski definition) is 2. The Morgan fingerprint density at radius 1 is 1.33 bits per heavy atom. The fraction of sp³-hybridized carbons (Fsp3) is 0.0909. The van der Waals surface area contributed by atoms with E-state index in [2.05, 4.69) is 15.9 Å². The van der Waals surface area contributed by atoms with Gasteiger partial charge in [-0.2, -0.15) is 0 Å². The van der Waals surface area contributed by atoms with Gasteiger partial charge in [0.25, 0.3) is 0 Å². The van der Waals surface area contributed by atoms with Gasteiger partial charge in [-0.05, 0) is 33.6 Å². The maximum atomic E-state index is 6.06. The number of hydrogen-bond donors (Lipinski definition) is 1. The van der Waals surface area contributed by atoms with E-state index in [0.717, 1.165) is 21.4 Å². The quantitative estimate of drug-likeness (QED) is 0.911. The molecule has 0 saturated carbocycles. The Hall–Kier alpha value is -0.770. The summed E-state index contributed by atoms with van der Waals surface area (Å²) in [6.07, 6.45) is 1.63. The minimum atomic E-state index is 0.443. The molecule has 4 heteroatoms. The summed E-state index contributed by atoms with van der Waals surface area (Å²) < 4.78 is 6.26. The summed E-state index contributed by atoms with van der Waals surface area (Å²) in [5.41, 5.74) is 7.40. The molecule has 15 heavy (non-hydrogen) atoms. The lowest BCUT2D eigenvalue weighted by molar-refractivity contribution is 0.581. The van der Waals surface area contributed by atoms with Crippen LogP contribution in [0.2, 0.25) is 5.02 Å². The summed E-state index contributed by atoms with van der Waals surface area (Å²) in [4.78, 5) is 0. The summed E-state index contributed by atoms with van der Waals surface area (Å²) in [6, 6.07) is 7.55. The lowest BCUT2D eigenvalue weighted by atomic mass is 10.1. The van der Waals surface area contributed by atoms with Crippen LogP contribution in [0.1, 0.15) is 5.56 Å². The largest absolute Gasteiger partial charge is 0.463 e. The number of halogens is 2. The first-order chi connectivity index (χ1) is 7.22. The third-order valence-electron chi connectivity index (χ3n) is 2.15. The Kier molecular flexibility index (Phi) is 3.14. The predicted molar refractivity (Wildman–Crippen MR) is 64.7 cm³/mol.